The van der Waals surface area contributed by atoms with Crippen LogP contribution in [0.3, 0.4) is 0 Å². The number of benzene rings is 1. The molecule has 1 aromatic carbocycles. The summed E-state index contributed by atoms with van der Waals surface area (Å²) in [5, 5.41) is 19.1. The smallest absolute Gasteiger partial charge is 0.455 e. The van der Waals surface area contributed by atoms with Crippen molar-refractivity contribution in [2.45, 2.75) is 58.0 Å². The number of hydrogen-bond donors (Lipinski definition) is 2. The van der Waals surface area contributed by atoms with Gasteiger partial charge in [-0.05, 0) is 24.5 Å². The van der Waals surface area contributed by atoms with Crippen LogP contribution in [0.15, 0.2) is 12.1 Å². The van der Waals surface area contributed by atoms with Crippen LogP contribution in [0.1, 0.15) is 61.4 Å². The molecule has 2 N–H and O–H groups in total. The number of aryl methyl sites for hydroxylation is 1. The number of aromatic hydroxyl groups is 2. The van der Waals surface area contributed by atoms with E-state index < -0.39 is 23.3 Å². The molecule has 6 heteroatoms. The van der Waals surface area contributed by atoms with Crippen LogP contribution in [0.5, 0.6) is 11.5 Å². The largest absolute Gasteiger partial charge is 0.508 e. The highest BCUT2D eigenvalue weighted by molar-refractivity contribution is 6.02. The fourth-order valence-corrected chi connectivity index (χ4v) is 2.25. The molecule has 0 saturated heterocycles. The molecule has 0 radical (unpaired) electrons. The number of hydrogen-bond acceptors (Lipinski definition) is 3. The van der Waals surface area contributed by atoms with Crippen molar-refractivity contribution in [1.82, 2.24) is 0 Å². The van der Waals surface area contributed by atoms with Gasteiger partial charge in [0, 0.05) is 6.07 Å². The number of unbranched alkanes of at least 4 members (excludes halogenated alkanes) is 5. The molecule has 1 rings (SSSR count). The fourth-order valence-electron chi connectivity index (χ4n) is 2.25. The van der Waals surface area contributed by atoms with Gasteiger partial charge < -0.3 is 10.2 Å². The van der Waals surface area contributed by atoms with Crippen molar-refractivity contribution in [1.29, 1.82) is 0 Å². The summed E-state index contributed by atoms with van der Waals surface area (Å²) in [4.78, 5) is 11.2. The van der Waals surface area contributed by atoms with Gasteiger partial charge in [0.05, 0.1) is 5.56 Å². The molecule has 0 heterocycles. The van der Waals surface area contributed by atoms with Gasteiger partial charge in [-0.2, -0.15) is 13.2 Å². The van der Waals surface area contributed by atoms with Gasteiger partial charge in [-0.3, -0.25) is 4.79 Å². The predicted octanol–water partition coefficient (Wildman–Crippen LogP) is 4.75. The maximum Gasteiger partial charge on any atom is 0.455 e. The number of carbonyl (C=O) groups is 1. The Kier molecular flexibility index (Phi) is 6.71. The highest BCUT2D eigenvalue weighted by Crippen LogP contribution is 2.33. The summed E-state index contributed by atoms with van der Waals surface area (Å²) in [5.41, 5.74) is -0.563. The number of Topliss-reactive ketones (excluding diaryl/α,β-unsaturated/α-hetero) is 1. The molecular formula is C16H21F3O3. The first-order chi connectivity index (χ1) is 10.3. The van der Waals surface area contributed by atoms with E-state index in [0.717, 1.165) is 44.2 Å². The Bertz CT molecular complexity index is 510. The van der Waals surface area contributed by atoms with Crippen molar-refractivity contribution < 1.29 is 28.2 Å². The van der Waals surface area contributed by atoms with Crippen LogP contribution in [-0.2, 0) is 6.42 Å². The molecular weight excluding hydrogens is 297 g/mol. The normalized spacial score (nSPS) is 11.6. The Morgan fingerprint density at radius 3 is 2.18 bits per heavy atom. The van der Waals surface area contributed by atoms with Gasteiger partial charge in [0.1, 0.15) is 11.5 Å². The van der Waals surface area contributed by atoms with Crippen LogP contribution >= 0.6 is 0 Å². The zero-order valence-corrected chi connectivity index (χ0v) is 12.5. The predicted molar refractivity (Wildman–Crippen MR) is 77.2 cm³/mol. The summed E-state index contributed by atoms with van der Waals surface area (Å²) in [6.45, 7) is 2.10. The maximum atomic E-state index is 12.4. The topological polar surface area (TPSA) is 57.5 Å². The molecule has 0 fully saturated rings. The second kappa shape index (κ2) is 8.06. The van der Waals surface area contributed by atoms with E-state index in [-0.39, 0.29) is 11.3 Å². The van der Waals surface area contributed by atoms with Crippen molar-refractivity contribution in [3.63, 3.8) is 0 Å². The van der Waals surface area contributed by atoms with Crippen molar-refractivity contribution in [2.24, 2.45) is 0 Å². The highest BCUT2D eigenvalue weighted by Gasteiger charge is 2.40. The van der Waals surface area contributed by atoms with E-state index in [1.807, 2.05) is 0 Å². The number of phenolic OH excluding ortho intramolecular Hbond substituents is 2. The molecule has 0 amide bonds. The third-order valence-corrected chi connectivity index (χ3v) is 3.50. The molecule has 22 heavy (non-hydrogen) atoms. The summed E-state index contributed by atoms with van der Waals surface area (Å²) in [5.74, 6) is -3.24. The Balaban J connectivity index is 2.73. The van der Waals surface area contributed by atoms with Crippen LogP contribution in [0.25, 0.3) is 0 Å². The summed E-state index contributed by atoms with van der Waals surface area (Å²) in [7, 11) is 0. The summed E-state index contributed by atoms with van der Waals surface area (Å²) < 4.78 is 37.3. The molecule has 0 aliphatic carbocycles. The number of alkyl halides is 3. The molecule has 0 bridgehead atoms. The number of carbonyl (C=O) groups excluding carboxylic acids is 1. The summed E-state index contributed by atoms with van der Waals surface area (Å²) in [6.07, 6.45) is 1.35. The zero-order valence-electron chi connectivity index (χ0n) is 12.5. The zero-order chi connectivity index (χ0) is 16.8. The Morgan fingerprint density at radius 1 is 1.00 bits per heavy atom. The minimum Gasteiger partial charge on any atom is -0.508 e. The lowest BCUT2D eigenvalue weighted by Crippen LogP contribution is -2.23. The van der Waals surface area contributed by atoms with Crippen LogP contribution < -0.4 is 0 Å². The third kappa shape index (κ3) is 5.24. The molecule has 1 aromatic rings. The van der Waals surface area contributed by atoms with Gasteiger partial charge in [-0.1, -0.05) is 39.0 Å². The van der Waals surface area contributed by atoms with Gasteiger partial charge >= 0.3 is 6.18 Å². The number of rotatable bonds is 8. The van der Waals surface area contributed by atoms with Crippen molar-refractivity contribution in [3.05, 3.63) is 23.3 Å². The van der Waals surface area contributed by atoms with E-state index in [1.54, 1.807) is 0 Å². The van der Waals surface area contributed by atoms with Crippen LogP contribution in [0.2, 0.25) is 0 Å². The summed E-state index contributed by atoms with van der Waals surface area (Å²) in [6, 6.07) is 1.73. The van der Waals surface area contributed by atoms with Crippen LogP contribution in [-0.4, -0.2) is 22.2 Å². The minimum absolute atomic E-state index is 0.251. The van der Waals surface area contributed by atoms with Gasteiger partial charge in [-0.15, -0.1) is 0 Å². The second-order valence-corrected chi connectivity index (χ2v) is 5.34. The van der Waals surface area contributed by atoms with E-state index in [1.165, 1.54) is 0 Å². The molecule has 124 valence electrons. The molecule has 0 aliphatic heterocycles. The van der Waals surface area contributed by atoms with Crippen LogP contribution in [0, 0.1) is 0 Å². The van der Waals surface area contributed by atoms with Gasteiger partial charge in [0.15, 0.2) is 0 Å². The second-order valence-electron chi connectivity index (χ2n) is 5.34. The van der Waals surface area contributed by atoms with E-state index in [4.69, 9.17) is 0 Å². The highest BCUT2D eigenvalue weighted by atomic mass is 19.4. The van der Waals surface area contributed by atoms with E-state index in [2.05, 4.69) is 6.92 Å². The lowest BCUT2D eigenvalue weighted by atomic mass is 9.99. The van der Waals surface area contributed by atoms with E-state index >= 15 is 0 Å². The lowest BCUT2D eigenvalue weighted by Gasteiger charge is -2.11. The minimum atomic E-state index is -5.05. The first kappa shape index (κ1) is 18.3. The van der Waals surface area contributed by atoms with E-state index in [0.29, 0.717) is 12.8 Å². The standard InChI is InChI=1S/C16H21F3O3/c1-2-3-4-5-6-7-8-11-9-12(14(21)10-13(11)20)15(22)16(17,18)19/h9-10,20-21H,2-8H2,1H3. The van der Waals surface area contributed by atoms with Crippen molar-refractivity contribution in [3.8, 4) is 11.5 Å². The first-order valence-corrected chi connectivity index (χ1v) is 7.43. The SMILES string of the molecule is CCCCCCCCc1cc(C(=O)C(F)(F)F)c(O)cc1O. The lowest BCUT2D eigenvalue weighted by molar-refractivity contribution is -0.0886. The molecule has 0 atom stereocenters. The first-order valence-electron chi connectivity index (χ1n) is 7.43. The molecule has 0 aromatic heterocycles. The molecule has 3 nitrogen and oxygen atoms in total. The van der Waals surface area contributed by atoms with Crippen molar-refractivity contribution >= 4 is 5.78 Å². The average Bonchev–Trinajstić information content (AvgIpc) is 2.43. The Morgan fingerprint density at radius 2 is 1.59 bits per heavy atom. The van der Waals surface area contributed by atoms with Gasteiger partial charge in [0.2, 0.25) is 0 Å². The quantitative estimate of drug-likeness (QED) is 0.537. The average molecular weight is 318 g/mol. The third-order valence-electron chi connectivity index (χ3n) is 3.50. The number of ketones is 1. The molecule has 0 aliphatic rings. The molecule has 0 saturated carbocycles. The monoisotopic (exact) mass is 318 g/mol. The van der Waals surface area contributed by atoms with Crippen molar-refractivity contribution in [2.75, 3.05) is 0 Å². The molecule has 0 spiro atoms. The number of halogens is 3. The summed E-state index contributed by atoms with van der Waals surface area (Å²) >= 11 is 0. The van der Waals surface area contributed by atoms with Gasteiger partial charge in [0.25, 0.3) is 5.78 Å². The number of phenols is 2. The van der Waals surface area contributed by atoms with Gasteiger partial charge in [-0.25, -0.2) is 0 Å². The fraction of sp³-hybridized carbons (Fsp3) is 0.562. The molecule has 0 unspecified atom stereocenters. The Hall–Kier alpha value is -1.72. The maximum absolute atomic E-state index is 12.4. The van der Waals surface area contributed by atoms with Crippen LogP contribution in [0.4, 0.5) is 13.2 Å². The Labute approximate surface area is 127 Å². The van der Waals surface area contributed by atoms with E-state index in [9.17, 15) is 28.2 Å².